The van der Waals surface area contributed by atoms with Gasteiger partial charge in [-0.3, -0.25) is 4.79 Å². The summed E-state index contributed by atoms with van der Waals surface area (Å²) >= 11 is 0. The molecule has 2 nitrogen and oxygen atoms in total. The van der Waals surface area contributed by atoms with Gasteiger partial charge in [0.05, 0.1) is 6.04 Å². The second kappa shape index (κ2) is 3.21. The van der Waals surface area contributed by atoms with Gasteiger partial charge in [-0.2, -0.15) is 0 Å². The lowest BCUT2D eigenvalue weighted by Gasteiger charge is -2.19. The first-order valence-corrected chi connectivity index (χ1v) is 4.59. The van der Waals surface area contributed by atoms with Crippen molar-refractivity contribution in [1.29, 1.82) is 0 Å². The Hall–Kier alpha value is -1.31. The second-order valence-electron chi connectivity index (χ2n) is 3.47. The van der Waals surface area contributed by atoms with E-state index in [2.05, 4.69) is 12.1 Å². The number of nitrogens with zero attached hydrogens (tertiary/aromatic N) is 1. The summed E-state index contributed by atoms with van der Waals surface area (Å²) in [6.07, 6.45) is 1.65. The molecule has 1 aromatic carbocycles. The first kappa shape index (κ1) is 8.30. The molecule has 68 valence electrons. The highest BCUT2D eigenvalue weighted by molar-refractivity contribution is 5.78. The van der Waals surface area contributed by atoms with Gasteiger partial charge in [0.1, 0.15) is 0 Å². The molecule has 1 atom stereocenters. The summed E-state index contributed by atoms with van der Waals surface area (Å²) in [5, 5.41) is 0. The van der Waals surface area contributed by atoms with Gasteiger partial charge in [0.15, 0.2) is 0 Å². The molecule has 0 N–H and O–H groups in total. The minimum Gasteiger partial charge on any atom is -0.339 e. The Labute approximate surface area is 78.2 Å². The fourth-order valence-corrected chi connectivity index (χ4v) is 1.87. The van der Waals surface area contributed by atoms with E-state index in [1.807, 2.05) is 30.1 Å². The van der Waals surface area contributed by atoms with Crippen molar-refractivity contribution in [3.05, 3.63) is 35.9 Å². The fraction of sp³-hybridized carbons (Fsp3) is 0.364. The first-order chi connectivity index (χ1) is 6.29. The molecule has 1 heterocycles. The zero-order chi connectivity index (χ0) is 9.26. The van der Waals surface area contributed by atoms with Crippen molar-refractivity contribution >= 4 is 5.91 Å². The van der Waals surface area contributed by atoms with Gasteiger partial charge in [0, 0.05) is 13.5 Å². The summed E-state index contributed by atoms with van der Waals surface area (Å²) in [7, 11) is 1.88. The van der Waals surface area contributed by atoms with Crippen LogP contribution in [0.3, 0.4) is 0 Å². The molecule has 0 unspecified atom stereocenters. The standard InChI is InChI=1S/C11H13NO/c1-12-10(7-8-11(12)13)9-5-3-2-4-6-9/h2-6,10H,7-8H2,1H3/t10-/m0/s1. The molecule has 0 spiro atoms. The molecule has 0 bridgehead atoms. The van der Waals surface area contributed by atoms with Crippen LogP contribution in [-0.2, 0) is 4.79 Å². The Kier molecular flexibility index (Phi) is 2.05. The highest BCUT2D eigenvalue weighted by atomic mass is 16.2. The molecule has 0 aromatic heterocycles. The number of likely N-dealkylation sites (tertiary alicyclic amines) is 1. The maximum absolute atomic E-state index is 11.3. The molecule has 1 aromatic rings. The van der Waals surface area contributed by atoms with Crippen molar-refractivity contribution in [2.45, 2.75) is 18.9 Å². The van der Waals surface area contributed by atoms with Gasteiger partial charge in [-0.05, 0) is 12.0 Å². The van der Waals surface area contributed by atoms with Crippen molar-refractivity contribution in [3.8, 4) is 0 Å². The Morgan fingerprint density at radius 3 is 2.54 bits per heavy atom. The van der Waals surface area contributed by atoms with Crippen LogP contribution in [0.4, 0.5) is 0 Å². The Morgan fingerprint density at radius 1 is 1.31 bits per heavy atom. The molecular formula is C11H13NO. The molecule has 2 rings (SSSR count). The predicted octanol–water partition coefficient (Wildman–Crippen LogP) is 1.98. The summed E-state index contributed by atoms with van der Waals surface area (Å²) in [5.41, 5.74) is 1.25. The van der Waals surface area contributed by atoms with Crippen LogP contribution in [0.2, 0.25) is 0 Å². The summed E-state index contributed by atoms with van der Waals surface area (Å²) < 4.78 is 0. The average molecular weight is 175 g/mol. The highest BCUT2D eigenvalue weighted by Gasteiger charge is 2.28. The van der Waals surface area contributed by atoms with E-state index in [-0.39, 0.29) is 5.91 Å². The van der Waals surface area contributed by atoms with Crippen molar-refractivity contribution < 1.29 is 4.79 Å². The molecule has 1 saturated heterocycles. The predicted molar refractivity (Wildman–Crippen MR) is 51.2 cm³/mol. The summed E-state index contributed by atoms with van der Waals surface area (Å²) in [6, 6.07) is 10.5. The molecule has 1 aliphatic heterocycles. The molecule has 0 aliphatic carbocycles. The van der Waals surface area contributed by atoms with Crippen LogP contribution in [0.25, 0.3) is 0 Å². The van der Waals surface area contributed by atoms with Crippen LogP contribution < -0.4 is 0 Å². The Bertz CT molecular complexity index is 307. The molecule has 0 radical (unpaired) electrons. The van der Waals surface area contributed by atoms with Gasteiger partial charge >= 0.3 is 0 Å². The number of benzene rings is 1. The molecule has 0 saturated carbocycles. The van der Waals surface area contributed by atoms with Gasteiger partial charge < -0.3 is 4.90 Å². The molecule has 1 aliphatic rings. The van der Waals surface area contributed by atoms with Crippen molar-refractivity contribution in [2.24, 2.45) is 0 Å². The lowest BCUT2D eigenvalue weighted by atomic mass is 10.1. The van der Waals surface area contributed by atoms with Crippen LogP contribution in [0.1, 0.15) is 24.4 Å². The highest BCUT2D eigenvalue weighted by Crippen LogP contribution is 2.30. The molecule has 13 heavy (non-hydrogen) atoms. The van der Waals surface area contributed by atoms with Crippen molar-refractivity contribution in [1.82, 2.24) is 4.90 Å². The van der Waals surface area contributed by atoms with Crippen LogP contribution in [-0.4, -0.2) is 17.9 Å². The lowest BCUT2D eigenvalue weighted by molar-refractivity contribution is -0.127. The summed E-state index contributed by atoms with van der Waals surface area (Å²) in [4.78, 5) is 13.1. The number of amides is 1. The van der Waals surface area contributed by atoms with E-state index in [1.165, 1.54) is 5.56 Å². The zero-order valence-corrected chi connectivity index (χ0v) is 7.73. The largest absolute Gasteiger partial charge is 0.339 e. The molecule has 2 heteroatoms. The first-order valence-electron chi connectivity index (χ1n) is 4.59. The fourth-order valence-electron chi connectivity index (χ4n) is 1.87. The molecule has 1 fully saturated rings. The van der Waals surface area contributed by atoms with Gasteiger partial charge in [-0.1, -0.05) is 30.3 Å². The number of carbonyl (C=O) groups is 1. The topological polar surface area (TPSA) is 20.3 Å². The smallest absolute Gasteiger partial charge is 0.222 e. The molecular weight excluding hydrogens is 162 g/mol. The van der Waals surface area contributed by atoms with E-state index in [4.69, 9.17) is 0 Å². The van der Waals surface area contributed by atoms with Gasteiger partial charge in [0.25, 0.3) is 0 Å². The third-order valence-corrected chi connectivity index (χ3v) is 2.68. The van der Waals surface area contributed by atoms with E-state index in [0.717, 1.165) is 6.42 Å². The zero-order valence-electron chi connectivity index (χ0n) is 7.73. The lowest BCUT2D eigenvalue weighted by Crippen LogP contribution is -2.22. The van der Waals surface area contributed by atoms with Crippen LogP contribution in [0.15, 0.2) is 30.3 Å². The number of hydrogen-bond donors (Lipinski definition) is 0. The van der Waals surface area contributed by atoms with Crippen LogP contribution >= 0.6 is 0 Å². The normalized spacial score (nSPS) is 22.4. The minimum atomic E-state index is 0.258. The quantitative estimate of drug-likeness (QED) is 0.639. The third kappa shape index (κ3) is 1.44. The van der Waals surface area contributed by atoms with E-state index < -0.39 is 0 Å². The number of rotatable bonds is 1. The molecule has 1 amide bonds. The van der Waals surface area contributed by atoms with E-state index >= 15 is 0 Å². The monoisotopic (exact) mass is 175 g/mol. The van der Waals surface area contributed by atoms with E-state index in [9.17, 15) is 4.79 Å². The van der Waals surface area contributed by atoms with Crippen LogP contribution in [0.5, 0.6) is 0 Å². The Morgan fingerprint density at radius 2 is 2.00 bits per heavy atom. The third-order valence-electron chi connectivity index (χ3n) is 2.68. The Balaban J connectivity index is 2.24. The minimum absolute atomic E-state index is 0.258. The van der Waals surface area contributed by atoms with E-state index in [1.54, 1.807) is 0 Å². The summed E-state index contributed by atoms with van der Waals surface area (Å²) in [6.45, 7) is 0. The van der Waals surface area contributed by atoms with Crippen LogP contribution in [0, 0.1) is 0 Å². The number of carbonyl (C=O) groups excluding carboxylic acids is 1. The second-order valence-corrected chi connectivity index (χ2v) is 3.47. The van der Waals surface area contributed by atoms with Gasteiger partial charge in [-0.15, -0.1) is 0 Å². The maximum Gasteiger partial charge on any atom is 0.222 e. The number of hydrogen-bond acceptors (Lipinski definition) is 1. The SMILES string of the molecule is CN1C(=O)CC[C@H]1c1ccccc1. The van der Waals surface area contributed by atoms with Crippen molar-refractivity contribution in [2.75, 3.05) is 7.05 Å². The maximum atomic E-state index is 11.3. The summed E-state index contributed by atoms with van der Waals surface area (Å²) in [5.74, 6) is 0.258. The van der Waals surface area contributed by atoms with Gasteiger partial charge in [0.2, 0.25) is 5.91 Å². The van der Waals surface area contributed by atoms with E-state index in [0.29, 0.717) is 12.5 Å². The van der Waals surface area contributed by atoms with Gasteiger partial charge in [-0.25, -0.2) is 0 Å². The average Bonchev–Trinajstić information content (AvgIpc) is 2.49. The van der Waals surface area contributed by atoms with Crippen molar-refractivity contribution in [3.63, 3.8) is 0 Å².